The number of nitrogens with zero attached hydrogens (tertiary/aromatic N) is 5. The van der Waals surface area contributed by atoms with E-state index in [1.807, 2.05) is 0 Å². The minimum absolute atomic E-state index is 0.730. The van der Waals surface area contributed by atoms with Crippen LogP contribution in [0.4, 0.5) is 11.1 Å². The fourth-order valence-electron chi connectivity index (χ4n) is 3.11. The fourth-order valence-corrected chi connectivity index (χ4v) is 3.81. The lowest BCUT2D eigenvalue weighted by Gasteiger charge is -2.31. The van der Waals surface area contributed by atoms with E-state index in [1.165, 1.54) is 37.3 Å². The van der Waals surface area contributed by atoms with Crippen LogP contribution in [0.1, 0.15) is 19.3 Å². The van der Waals surface area contributed by atoms with Gasteiger partial charge in [0, 0.05) is 50.3 Å². The fraction of sp³-hybridized carbons (Fsp3) is 0.857. The highest BCUT2D eigenvalue weighted by Gasteiger charge is 2.21. The number of hydrogen-bond donors (Lipinski definition) is 1. The molecule has 118 valence electrons. The lowest BCUT2D eigenvalue weighted by atomic mass is 10.1. The van der Waals surface area contributed by atoms with Gasteiger partial charge in [0.25, 0.3) is 0 Å². The van der Waals surface area contributed by atoms with Crippen LogP contribution in [-0.2, 0) is 0 Å². The molecule has 0 radical (unpaired) electrons. The first-order valence-electron chi connectivity index (χ1n) is 7.93. The van der Waals surface area contributed by atoms with Crippen LogP contribution in [-0.4, -0.2) is 78.6 Å². The van der Waals surface area contributed by atoms with E-state index >= 15 is 0 Å². The highest BCUT2D eigenvalue weighted by molar-refractivity contribution is 7.09. The van der Waals surface area contributed by atoms with Crippen molar-refractivity contribution in [3.05, 3.63) is 0 Å². The summed E-state index contributed by atoms with van der Waals surface area (Å²) in [6, 6.07) is 0.730. The van der Waals surface area contributed by atoms with Gasteiger partial charge in [-0.15, -0.1) is 0 Å². The SMILES string of the molecule is CN1CCN(c2nc(NCCC3CCCN3C)ns2)CC1. The van der Waals surface area contributed by atoms with Crippen LogP contribution in [0.25, 0.3) is 0 Å². The van der Waals surface area contributed by atoms with E-state index in [4.69, 9.17) is 0 Å². The zero-order chi connectivity index (χ0) is 14.7. The summed E-state index contributed by atoms with van der Waals surface area (Å²) in [5, 5.41) is 4.44. The number of anilines is 2. The molecule has 1 atom stereocenters. The topological polar surface area (TPSA) is 47.5 Å². The van der Waals surface area contributed by atoms with E-state index < -0.39 is 0 Å². The Balaban J connectivity index is 1.44. The molecule has 0 aliphatic carbocycles. The van der Waals surface area contributed by atoms with Gasteiger partial charge in [-0.25, -0.2) is 0 Å². The number of nitrogens with one attached hydrogen (secondary N) is 1. The Hall–Kier alpha value is -0.920. The van der Waals surface area contributed by atoms with Gasteiger partial charge in [-0.3, -0.25) is 0 Å². The van der Waals surface area contributed by atoms with Gasteiger partial charge in [0.15, 0.2) is 0 Å². The second-order valence-corrected chi connectivity index (χ2v) is 6.91. The van der Waals surface area contributed by atoms with E-state index in [9.17, 15) is 0 Å². The zero-order valence-corrected chi connectivity index (χ0v) is 13.9. The third kappa shape index (κ3) is 3.84. The monoisotopic (exact) mass is 310 g/mol. The maximum Gasteiger partial charge on any atom is 0.236 e. The molecule has 0 bridgehead atoms. The Morgan fingerprint density at radius 2 is 2.00 bits per heavy atom. The summed E-state index contributed by atoms with van der Waals surface area (Å²) in [7, 11) is 4.40. The van der Waals surface area contributed by atoms with Crippen LogP contribution in [0.2, 0.25) is 0 Å². The summed E-state index contributed by atoms with van der Waals surface area (Å²) in [5.41, 5.74) is 0. The molecule has 0 spiro atoms. The Kier molecular flexibility index (Phi) is 4.92. The predicted molar refractivity (Wildman–Crippen MR) is 88.4 cm³/mol. The van der Waals surface area contributed by atoms with E-state index in [-0.39, 0.29) is 0 Å². The molecule has 2 aliphatic rings. The molecule has 6 nitrogen and oxygen atoms in total. The molecule has 1 aromatic heterocycles. The summed E-state index contributed by atoms with van der Waals surface area (Å²) >= 11 is 1.51. The van der Waals surface area contributed by atoms with Crippen molar-refractivity contribution in [2.75, 3.05) is 63.6 Å². The average Bonchev–Trinajstić information content (AvgIpc) is 3.10. The molecule has 21 heavy (non-hydrogen) atoms. The van der Waals surface area contributed by atoms with Crippen molar-refractivity contribution in [2.24, 2.45) is 0 Å². The molecule has 2 saturated heterocycles. The Labute approximate surface area is 131 Å². The van der Waals surface area contributed by atoms with Crippen LogP contribution in [0.5, 0.6) is 0 Å². The average molecular weight is 310 g/mol. The number of hydrogen-bond acceptors (Lipinski definition) is 7. The Bertz CT molecular complexity index is 442. The summed E-state index contributed by atoms with van der Waals surface area (Å²) in [5.74, 6) is 0.801. The van der Waals surface area contributed by atoms with Crippen molar-refractivity contribution in [1.82, 2.24) is 19.2 Å². The highest BCUT2D eigenvalue weighted by Crippen LogP contribution is 2.21. The lowest BCUT2D eigenvalue weighted by Crippen LogP contribution is -2.44. The van der Waals surface area contributed by atoms with Crippen molar-refractivity contribution in [2.45, 2.75) is 25.3 Å². The molecule has 3 heterocycles. The van der Waals surface area contributed by atoms with E-state index in [1.54, 1.807) is 0 Å². The molecule has 7 heteroatoms. The molecule has 0 aromatic carbocycles. The van der Waals surface area contributed by atoms with Crippen LogP contribution in [0, 0.1) is 0 Å². The maximum absolute atomic E-state index is 4.63. The summed E-state index contributed by atoms with van der Waals surface area (Å²) < 4.78 is 4.44. The number of likely N-dealkylation sites (N-methyl/N-ethyl adjacent to an activating group) is 1. The summed E-state index contributed by atoms with van der Waals surface area (Å²) in [6.07, 6.45) is 3.85. The van der Waals surface area contributed by atoms with Gasteiger partial charge in [-0.2, -0.15) is 9.36 Å². The van der Waals surface area contributed by atoms with Crippen LogP contribution >= 0.6 is 11.5 Å². The van der Waals surface area contributed by atoms with Gasteiger partial charge in [0.1, 0.15) is 0 Å². The van der Waals surface area contributed by atoms with Crippen LogP contribution < -0.4 is 10.2 Å². The molecule has 2 aliphatic heterocycles. The highest BCUT2D eigenvalue weighted by atomic mass is 32.1. The predicted octanol–water partition coefficient (Wildman–Crippen LogP) is 1.19. The van der Waals surface area contributed by atoms with E-state index in [0.29, 0.717) is 0 Å². The second kappa shape index (κ2) is 6.89. The number of aromatic nitrogens is 2. The quantitative estimate of drug-likeness (QED) is 0.881. The molecule has 1 unspecified atom stereocenters. The van der Waals surface area contributed by atoms with Gasteiger partial charge in [-0.05, 0) is 39.9 Å². The minimum atomic E-state index is 0.730. The summed E-state index contributed by atoms with van der Waals surface area (Å²) in [4.78, 5) is 11.8. The van der Waals surface area contributed by atoms with Crippen molar-refractivity contribution in [3.63, 3.8) is 0 Å². The molecule has 0 amide bonds. The van der Waals surface area contributed by atoms with E-state index in [0.717, 1.165) is 49.8 Å². The van der Waals surface area contributed by atoms with Gasteiger partial charge < -0.3 is 20.0 Å². The van der Waals surface area contributed by atoms with Crippen molar-refractivity contribution in [1.29, 1.82) is 0 Å². The number of likely N-dealkylation sites (tertiary alicyclic amines) is 1. The first kappa shape index (κ1) is 15.0. The van der Waals surface area contributed by atoms with Gasteiger partial charge in [0.05, 0.1) is 0 Å². The lowest BCUT2D eigenvalue weighted by molar-refractivity contribution is 0.301. The first-order chi connectivity index (χ1) is 10.2. The standard InChI is InChI=1S/C14H26N6S/c1-18-8-10-20(11-9-18)14-16-13(17-21-14)15-6-5-12-4-3-7-19(12)2/h12H,3-11H2,1-2H3,(H,15,17). The molecule has 2 fully saturated rings. The molecular formula is C14H26N6S. The van der Waals surface area contributed by atoms with Crippen molar-refractivity contribution < 1.29 is 0 Å². The Morgan fingerprint density at radius 3 is 2.71 bits per heavy atom. The van der Waals surface area contributed by atoms with Crippen molar-refractivity contribution >= 4 is 22.6 Å². The molecule has 1 aromatic rings. The first-order valence-corrected chi connectivity index (χ1v) is 8.71. The maximum atomic E-state index is 4.63. The molecule has 0 saturated carbocycles. The molecule has 1 N–H and O–H groups in total. The third-order valence-corrected chi connectivity index (χ3v) is 5.40. The third-order valence-electron chi connectivity index (χ3n) is 4.62. The smallest absolute Gasteiger partial charge is 0.236 e. The molecule has 3 rings (SSSR count). The second-order valence-electron chi connectivity index (χ2n) is 6.18. The van der Waals surface area contributed by atoms with E-state index in [2.05, 4.69) is 43.5 Å². The Morgan fingerprint density at radius 1 is 1.19 bits per heavy atom. The molecular weight excluding hydrogens is 284 g/mol. The zero-order valence-electron chi connectivity index (χ0n) is 13.1. The van der Waals surface area contributed by atoms with Gasteiger partial charge in [-0.1, -0.05) is 0 Å². The van der Waals surface area contributed by atoms with Crippen LogP contribution in [0.15, 0.2) is 0 Å². The van der Waals surface area contributed by atoms with Gasteiger partial charge in [0.2, 0.25) is 11.1 Å². The normalized spacial score (nSPS) is 24.7. The largest absolute Gasteiger partial charge is 0.353 e. The number of rotatable bonds is 5. The number of piperazine rings is 1. The van der Waals surface area contributed by atoms with Gasteiger partial charge >= 0.3 is 0 Å². The van der Waals surface area contributed by atoms with Crippen molar-refractivity contribution in [3.8, 4) is 0 Å². The summed E-state index contributed by atoms with van der Waals surface area (Å²) in [6.45, 7) is 6.53. The van der Waals surface area contributed by atoms with Crippen LogP contribution in [0.3, 0.4) is 0 Å². The minimum Gasteiger partial charge on any atom is -0.353 e.